The monoisotopic (exact) mass is 443 g/mol. The molecule has 3 aromatic rings. The van der Waals surface area contributed by atoms with Crippen LogP contribution in [-0.2, 0) is 17.0 Å². The summed E-state index contributed by atoms with van der Waals surface area (Å²) in [5.41, 5.74) is 1.67. The Morgan fingerprint density at radius 1 is 1.37 bits per heavy atom. The summed E-state index contributed by atoms with van der Waals surface area (Å²) in [6.45, 7) is 5.68. The average molecular weight is 444 g/mol. The first kappa shape index (κ1) is 21.1. The molecule has 8 heteroatoms. The highest BCUT2D eigenvalue weighted by atomic mass is 32.2. The minimum atomic E-state index is 0.0471. The Bertz CT molecular complexity index is 995. The van der Waals surface area contributed by atoms with Crippen molar-refractivity contribution in [3.63, 3.8) is 0 Å². The lowest BCUT2D eigenvalue weighted by Crippen LogP contribution is -2.16. The lowest BCUT2D eigenvalue weighted by molar-refractivity contribution is 0.0953. The maximum Gasteiger partial charge on any atom is 0.191 e. The highest BCUT2D eigenvalue weighted by Gasteiger charge is 2.22. The van der Waals surface area contributed by atoms with Crippen LogP contribution in [0.25, 0.3) is 10.7 Å². The van der Waals surface area contributed by atoms with Crippen LogP contribution in [0.1, 0.15) is 42.6 Å². The summed E-state index contributed by atoms with van der Waals surface area (Å²) in [5.74, 6) is 2.37. The number of benzene rings is 1. The summed E-state index contributed by atoms with van der Waals surface area (Å²) < 4.78 is 13.8. The first-order valence-corrected chi connectivity index (χ1v) is 12.0. The highest BCUT2D eigenvalue weighted by molar-refractivity contribution is 7.98. The van der Waals surface area contributed by atoms with Crippen molar-refractivity contribution in [2.45, 2.75) is 50.2 Å². The topological polar surface area (TPSA) is 66.2 Å². The lowest BCUT2D eigenvalue weighted by Gasteiger charge is -2.15. The molecule has 30 heavy (non-hydrogen) atoms. The molecule has 3 heterocycles. The van der Waals surface area contributed by atoms with Crippen LogP contribution < -0.4 is 4.74 Å². The van der Waals surface area contributed by atoms with Crippen LogP contribution >= 0.6 is 23.1 Å². The van der Waals surface area contributed by atoms with Crippen LogP contribution in [0.4, 0.5) is 0 Å². The second-order valence-corrected chi connectivity index (χ2v) is 9.02. The van der Waals surface area contributed by atoms with E-state index in [1.165, 1.54) is 0 Å². The number of nitrogens with zero attached hydrogens (tertiary/aromatic N) is 3. The zero-order valence-electron chi connectivity index (χ0n) is 17.2. The number of carbonyl (C=O) groups excluding carboxylic acids is 1. The van der Waals surface area contributed by atoms with Gasteiger partial charge in [0.15, 0.2) is 16.8 Å². The molecular formula is C22H25N3O3S2. The van der Waals surface area contributed by atoms with Crippen molar-refractivity contribution >= 4 is 28.9 Å². The minimum absolute atomic E-state index is 0.0471. The summed E-state index contributed by atoms with van der Waals surface area (Å²) >= 11 is 3.27. The zero-order chi connectivity index (χ0) is 20.9. The number of ether oxygens (including phenoxy) is 2. The second-order valence-electron chi connectivity index (χ2n) is 7.13. The largest absolute Gasteiger partial charge is 0.494 e. The number of rotatable bonds is 9. The van der Waals surface area contributed by atoms with Crippen molar-refractivity contribution < 1.29 is 14.3 Å². The molecule has 0 radical (unpaired) electrons. The Morgan fingerprint density at radius 3 is 2.97 bits per heavy atom. The molecular weight excluding hydrogens is 418 g/mol. The van der Waals surface area contributed by atoms with Crippen LogP contribution in [0.2, 0.25) is 0 Å². The molecule has 0 saturated carbocycles. The van der Waals surface area contributed by atoms with Crippen LogP contribution in [0.5, 0.6) is 5.75 Å². The van der Waals surface area contributed by atoms with Crippen molar-refractivity contribution in [2.75, 3.05) is 13.2 Å². The Kier molecular flexibility index (Phi) is 6.86. The third-order valence-electron chi connectivity index (χ3n) is 4.99. The molecule has 0 amide bonds. The molecule has 1 fully saturated rings. The van der Waals surface area contributed by atoms with E-state index in [1.54, 1.807) is 30.0 Å². The molecule has 4 rings (SSSR count). The fraction of sp³-hybridized carbons (Fsp3) is 0.409. The molecule has 1 atom stereocenters. The van der Waals surface area contributed by atoms with Gasteiger partial charge < -0.3 is 9.47 Å². The van der Waals surface area contributed by atoms with Crippen molar-refractivity contribution in [3.05, 3.63) is 46.8 Å². The first-order chi connectivity index (χ1) is 14.7. The van der Waals surface area contributed by atoms with Gasteiger partial charge in [0.2, 0.25) is 0 Å². The summed E-state index contributed by atoms with van der Waals surface area (Å²) in [6.07, 6.45) is 2.35. The first-order valence-electron chi connectivity index (χ1n) is 10.1. The number of hydrogen-bond acceptors (Lipinski definition) is 7. The molecule has 0 aliphatic carbocycles. The quantitative estimate of drug-likeness (QED) is 0.339. The summed E-state index contributed by atoms with van der Waals surface area (Å²) in [7, 11) is 0. The third kappa shape index (κ3) is 4.77. The summed E-state index contributed by atoms with van der Waals surface area (Å²) in [5, 5.41) is 11.9. The number of thiophene rings is 1. The molecule has 6 nitrogen and oxygen atoms in total. The van der Waals surface area contributed by atoms with Gasteiger partial charge in [-0.25, -0.2) is 0 Å². The Morgan fingerprint density at radius 2 is 2.27 bits per heavy atom. The fourth-order valence-corrected chi connectivity index (χ4v) is 5.13. The van der Waals surface area contributed by atoms with Gasteiger partial charge in [0.05, 0.1) is 24.1 Å². The maximum absolute atomic E-state index is 11.8. The molecule has 0 bridgehead atoms. The van der Waals surface area contributed by atoms with Gasteiger partial charge in [-0.2, -0.15) is 0 Å². The van der Waals surface area contributed by atoms with Gasteiger partial charge in [0.25, 0.3) is 0 Å². The molecule has 0 N–H and O–H groups in total. The van der Waals surface area contributed by atoms with Crippen molar-refractivity contribution in [3.8, 4) is 16.5 Å². The van der Waals surface area contributed by atoms with E-state index in [9.17, 15) is 4.79 Å². The standard InChI is InChI=1S/C22H25N3O3S2/c1-3-27-19-9-8-16(15(2)26)12-17(19)14-30-22-24-23-21(20-7-5-11-29-20)25(22)13-18-6-4-10-28-18/h5,7-9,11-12,18H,3-4,6,10,13-14H2,1-2H3/t18-/m0/s1. The van der Waals surface area contributed by atoms with E-state index in [-0.39, 0.29) is 11.9 Å². The molecule has 1 aliphatic heterocycles. The van der Waals surface area contributed by atoms with Crippen molar-refractivity contribution in [1.82, 2.24) is 14.8 Å². The predicted molar refractivity (Wildman–Crippen MR) is 119 cm³/mol. The molecule has 1 aliphatic rings. The van der Waals surface area contributed by atoms with E-state index in [4.69, 9.17) is 9.47 Å². The fourth-order valence-electron chi connectivity index (χ4n) is 3.49. The highest BCUT2D eigenvalue weighted by Crippen LogP contribution is 2.32. The molecule has 1 saturated heterocycles. The van der Waals surface area contributed by atoms with Crippen LogP contribution in [0.3, 0.4) is 0 Å². The van der Waals surface area contributed by atoms with Gasteiger partial charge in [0, 0.05) is 23.5 Å². The molecule has 0 spiro atoms. The van der Waals surface area contributed by atoms with Gasteiger partial charge >= 0.3 is 0 Å². The Labute approximate surface area is 184 Å². The van der Waals surface area contributed by atoms with E-state index < -0.39 is 0 Å². The number of aromatic nitrogens is 3. The molecule has 1 aromatic carbocycles. The van der Waals surface area contributed by atoms with Crippen LogP contribution in [0.15, 0.2) is 40.9 Å². The van der Waals surface area contributed by atoms with Crippen molar-refractivity contribution in [2.24, 2.45) is 0 Å². The van der Waals surface area contributed by atoms with E-state index >= 15 is 0 Å². The average Bonchev–Trinajstić information content (AvgIpc) is 3.50. The normalized spacial score (nSPS) is 16.1. The molecule has 2 aromatic heterocycles. The predicted octanol–water partition coefficient (Wildman–Crippen LogP) is 5.08. The van der Waals surface area contributed by atoms with Crippen LogP contribution in [-0.4, -0.2) is 39.9 Å². The minimum Gasteiger partial charge on any atom is -0.494 e. The zero-order valence-corrected chi connectivity index (χ0v) is 18.8. The Balaban J connectivity index is 1.60. The van der Waals surface area contributed by atoms with Gasteiger partial charge in [-0.1, -0.05) is 17.8 Å². The van der Waals surface area contributed by atoms with Gasteiger partial charge in [-0.05, 0) is 56.3 Å². The van der Waals surface area contributed by atoms with Crippen molar-refractivity contribution in [1.29, 1.82) is 0 Å². The van der Waals surface area contributed by atoms with E-state index in [2.05, 4.69) is 26.2 Å². The second kappa shape index (κ2) is 9.76. The number of ketones is 1. The van der Waals surface area contributed by atoms with Gasteiger partial charge in [-0.3, -0.25) is 9.36 Å². The number of carbonyl (C=O) groups is 1. The van der Waals surface area contributed by atoms with E-state index in [1.807, 2.05) is 31.2 Å². The maximum atomic E-state index is 11.8. The SMILES string of the molecule is CCOc1ccc(C(C)=O)cc1CSc1nnc(-c2cccs2)n1C[C@@H]1CCCO1. The van der Waals surface area contributed by atoms with Gasteiger partial charge in [-0.15, -0.1) is 21.5 Å². The summed E-state index contributed by atoms with van der Waals surface area (Å²) in [6, 6.07) is 9.71. The Hall–Kier alpha value is -2.16. The lowest BCUT2D eigenvalue weighted by atomic mass is 10.1. The summed E-state index contributed by atoms with van der Waals surface area (Å²) in [4.78, 5) is 12.9. The van der Waals surface area contributed by atoms with Crippen LogP contribution in [0, 0.1) is 0 Å². The number of hydrogen-bond donors (Lipinski definition) is 0. The number of Topliss-reactive ketones (excluding diaryl/α,β-unsaturated/α-hetero) is 1. The third-order valence-corrected chi connectivity index (χ3v) is 6.87. The smallest absolute Gasteiger partial charge is 0.191 e. The van der Waals surface area contributed by atoms with E-state index in [0.29, 0.717) is 17.9 Å². The molecule has 0 unspecified atom stereocenters. The number of thioether (sulfide) groups is 1. The van der Waals surface area contributed by atoms with E-state index in [0.717, 1.165) is 53.2 Å². The molecule has 158 valence electrons. The van der Waals surface area contributed by atoms with Gasteiger partial charge in [0.1, 0.15) is 5.75 Å².